The van der Waals surface area contributed by atoms with E-state index in [1.54, 1.807) is 29.0 Å². The highest BCUT2D eigenvalue weighted by Crippen LogP contribution is 2.35. The number of nitrogens with one attached hydrogen (secondary N) is 1. The number of para-hydroxylation sites is 1. The normalized spacial score (nSPS) is 15.9. The third kappa shape index (κ3) is 3.18. The Morgan fingerprint density at radius 3 is 2.61 bits per heavy atom. The molecule has 0 saturated heterocycles. The van der Waals surface area contributed by atoms with E-state index in [4.69, 9.17) is 9.47 Å². The van der Waals surface area contributed by atoms with Crippen LogP contribution in [0.15, 0.2) is 53.5 Å². The molecule has 168 valence electrons. The average Bonchev–Trinajstić information content (AvgIpc) is 3.47. The van der Waals surface area contributed by atoms with E-state index in [0.717, 1.165) is 36.6 Å². The number of benzene rings is 2. The van der Waals surface area contributed by atoms with Gasteiger partial charge in [-0.1, -0.05) is 31.0 Å². The first-order valence-electron chi connectivity index (χ1n) is 11.4. The molecule has 0 unspecified atom stereocenters. The number of carbonyl (C=O) groups is 1. The number of ether oxygens (including phenoxy) is 2. The molecule has 0 atom stereocenters. The van der Waals surface area contributed by atoms with E-state index >= 15 is 0 Å². The van der Waals surface area contributed by atoms with Crippen molar-refractivity contribution in [3.8, 4) is 11.5 Å². The summed E-state index contributed by atoms with van der Waals surface area (Å²) in [5.41, 5.74) is 2.59. The zero-order valence-electron chi connectivity index (χ0n) is 18.5. The Balaban J connectivity index is 1.52. The second-order valence-electron chi connectivity index (χ2n) is 8.81. The number of hydrogen-bond donors (Lipinski definition) is 1. The van der Waals surface area contributed by atoms with Crippen LogP contribution in [0, 0.1) is 0 Å². The average molecular weight is 444 g/mol. The molecule has 0 bridgehead atoms. The first-order chi connectivity index (χ1) is 16.1. The van der Waals surface area contributed by atoms with Gasteiger partial charge in [-0.3, -0.25) is 9.59 Å². The standard InChI is InChI=1S/C26H25N3O4/c1-28-20-9-5-4-8-18(20)23-19(15-29(26(31)24(23)28)17-6-2-3-7-17)25(30)27-16-10-11-21-22(14-16)33-13-12-32-21/h4-5,8-11,14-15,17H,2-3,6-7,12-13H2,1H3,(H,27,30). The van der Waals surface area contributed by atoms with Crippen molar-refractivity contribution < 1.29 is 14.3 Å². The lowest BCUT2D eigenvalue weighted by Gasteiger charge is -2.19. The van der Waals surface area contributed by atoms with E-state index in [1.807, 2.05) is 35.9 Å². The van der Waals surface area contributed by atoms with Crippen LogP contribution in [0.25, 0.3) is 21.8 Å². The summed E-state index contributed by atoms with van der Waals surface area (Å²) in [6.07, 6.45) is 5.88. The third-order valence-electron chi connectivity index (χ3n) is 6.84. The van der Waals surface area contributed by atoms with Crippen LogP contribution in [-0.2, 0) is 7.05 Å². The number of carbonyl (C=O) groups excluding carboxylic acids is 1. The van der Waals surface area contributed by atoms with Crippen molar-refractivity contribution in [2.75, 3.05) is 18.5 Å². The second-order valence-corrected chi connectivity index (χ2v) is 8.81. The van der Waals surface area contributed by atoms with Crippen molar-refractivity contribution in [1.82, 2.24) is 9.13 Å². The van der Waals surface area contributed by atoms with E-state index in [0.29, 0.717) is 46.9 Å². The van der Waals surface area contributed by atoms with Crippen LogP contribution < -0.4 is 20.3 Å². The summed E-state index contributed by atoms with van der Waals surface area (Å²) in [5, 5.41) is 4.61. The number of fused-ring (bicyclic) bond motifs is 4. The van der Waals surface area contributed by atoms with Gasteiger partial charge in [-0.15, -0.1) is 0 Å². The van der Waals surface area contributed by atoms with Crippen LogP contribution in [0.3, 0.4) is 0 Å². The van der Waals surface area contributed by atoms with Gasteiger partial charge in [0.2, 0.25) is 0 Å². The Kier molecular flexibility index (Phi) is 4.64. The summed E-state index contributed by atoms with van der Waals surface area (Å²) in [5.74, 6) is 1.04. The fourth-order valence-corrected chi connectivity index (χ4v) is 5.25. The van der Waals surface area contributed by atoms with E-state index in [-0.39, 0.29) is 17.5 Å². The number of anilines is 1. The van der Waals surface area contributed by atoms with Crippen molar-refractivity contribution in [3.05, 3.63) is 64.6 Å². The molecule has 33 heavy (non-hydrogen) atoms. The SMILES string of the molecule is Cn1c2ccccc2c2c(C(=O)Nc3ccc4c(c3)OCCO4)cn(C3CCCC3)c(=O)c21. The predicted molar refractivity (Wildman–Crippen MR) is 128 cm³/mol. The molecule has 6 rings (SSSR count). The van der Waals surface area contributed by atoms with Crippen LogP contribution >= 0.6 is 0 Å². The molecule has 0 radical (unpaired) electrons. The lowest BCUT2D eigenvalue weighted by atomic mass is 10.1. The Morgan fingerprint density at radius 2 is 1.79 bits per heavy atom. The quantitative estimate of drug-likeness (QED) is 0.501. The first-order valence-corrected chi connectivity index (χ1v) is 11.4. The number of pyridine rings is 1. The van der Waals surface area contributed by atoms with Crippen molar-refractivity contribution in [1.29, 1.82) is 0 Å². The van der Waals surface area contributed by atoms with Crippen LogP contribution in [-0.4, -0.2) is 28.3 Å². The van der Waals surface area contributed by atoms with Gasteiger partial charge in [0, 0.05) is 47.3 Å². The van der Waals surface area contributed by atoms with Gasteiger partial charge in [-0.2, -0.15) is 0 Å². The van der Waals surface area contributed by atoms with E-state index in [9.17, 15) is 9.59 Å². The second kappa shape index (κ2) is 7.69. The van der Waals surface area contributed by atoms with Crippen LogP contribution in [0.1, 0.15) is 42.1 Å². The molecule has 1 aliphatic heterocycles. The summed E-state index contributed by atoms with van der Waals surface area (Å²) >= 11 is 0. The largest absolute Gasteiger partial charge is 0.486 e. The highest BCUT2D eigenvalue weighted by atomic mass is 16.6. The molecule has 1 N–H and O–H groups in total. The molecule has 1 aliphatic carbocycles. The number of aryl methyl sites for hydroxylation is 1. The van der Waals surface area contributed by atoms with Gasteiger partial charge in [0.1, 0.15) is 18.7 Å². The molecule has 7 heteroatoms. The van der Waals surface area contributed by atoms with Crippen LogP contribution in [0.5, 0.6) is 11.5 Å². The van der Waals surface area contributed by atoms with Crippen molar-refractivity contribution in [2.24, 2.45) is 7.05 Å². The number of amides is 1. The maximum Gasteiger partial charge on any atom is 0.275 e. The molecule has 3 heterocycles. The maximum atomic E-state index is 13.6. The van der Waals surface area contributed by atoms with Crippen LogP contribution in [0.2, 0.25) is 0 Å². The molecule has 2 aromatic heterocycles. The van der Waals surface area contributed by atoms with Crippen molar-refractivity contribution in [2.45, 2.75) is 31.7 Å². The molecule has 7 nitrogen and oxygen atoms in total. The highest BCUT2D eigenvalue weighted by Gasteiger charge is 2.26. The number of aromatic nitrogens is 2. The molecule has 2 aromatic carbocycles. The molecule has 4 aromatic rings. The number of rotatable bonds is 3. The predicted octanol–water partition coefficient (Wildman–Crippen LogP) is 4.63. The summed E-state index contributed by atoms with van der Waals surface area (Å²) in [6, 6.07) is 13.4. The third-order valence-corrected chi connectivity index (χ3v) is 6.84. The molecule has 1 amide bonds. The molecule has 0 spiro atoms. The fourth-order valence-electron chi connectivity index (χ4n) is 5.25. The Bertz CT molecular complexity index is 1460. The minimum Gasteiger partial charge on any atom is -0.486 e. The number of nitrogens with zero attached hydrogens (tertiary/aromatic N) is 2. The van der Waals surface area contributed by atoms with E-state index in [2.05, 4.69) is 5.32 Å². The maximum absolute atomic E-state index is 13.6. The van der Waals surface area contributed by atoms with Crippen molar-refractivity contribution in [3.63, 3.8) is 0 Å². The molecule has 1 fully saturated rings. The minimum absolute atomic E-state index is 0.0357. The van der Waals surface area contributed by atoms with Gasteiger partial charge >= 0.3 is 0 Å². The zero-order valence-corrected chi connectivity index (χ0v) is 18.5. The summed E-state index contributed by atoms with van der Waals surface area (Å²) < 4.78 is 14.9. The van der Waals surface area contributed by atoms with Gasteiger partial charge in [0.25, 0.3) is 11.5 Å². The van der Waals surface area contributed by atoms with Gasteiger partial charge in [0.15, 0.2) is 11.5 Å². The Hall–Kier alpha value is -3.74. The van der Waals surface area contributed by atoms with Crippen molar-refractivity contribution >= 4 is 33.4 Å². The van der Waals surface area contributed by atoms with Crippen LogP contribution in [0.4, 0.5) is 5.69 Å². The fraction of sp³-hybridized carbons (Fsp3) is 0.308. The van der Waals surface area contributed by atoms with E-state index < -0.39 is 0 Å². The zero-order chi connectivity index (χ0) is 22.5. The summed E-state index contributed by atoms with van der Waals surface area (Å²) in [4.78, 5) is 27.2. The van der Waals surface area contributed by atoms with Gasteiger partial charge in [-0.05, 0) is 31.0 Å². The first kappa shape index (κ1) is 19.9. The topological polar surface area (TPSA) is 74.5 Å². The number of hydrogen-bond acceptors (Lipinski definition) is 4. The van der Waals surface area contributed by atoms with E-state index in [1.165, 1.54) is 0 Å². The lowest BCUT2D eigenvalue weighted by molar-refractivity contribution is 0.102. The monoisotopic (exact) mass is 443 g/mol. The van der Waals surface area contributed by atoms with Gasteiger partial charge in [-0.25, -0.2) is 0 Å². The summed E-state index contributed by atoms with van der Waals surface area (Å²) in [7, 11) is 1.90. The Morgan fingerprint density at radius 1 is 1.03 bits per heavy atom. The Labute approximate surface area is 190 Å². The lowest BCUT2D eigenvalue weighted by Crippen LogP contribution is -2.27. The molecule has 1 saturated carbocycles. The smallest absolute Gasteiger partial charge is 0.275 e. The van der Waals surface area contributed by atoms with Gasteiger partial charge in [0.05, 0.1) is 5.56 Å². The van der Waals surface area contributed by atoms with Gasteiger partial charge < -0.3 is 23.9 Å². The molecular formula is C26H25N3O4. The summed E-state index contributed by atoms with van der Waals surface area (Å²) in [6.45, 7) is 0.994. The molecular weight excluding hydrogens is 418 g/mol. The highest BCUT2D eigenvalue weighted by molar-refractivity contribution is 6.20. The minimum atomic E-state index is -0.250. The molecule has 2 aliphatic rings.